The van der Waals surface area contributed by atoms with Crippen molar-refractivity contribution in [1.29, 1.82) is 0 Å². The van der Waals surface area contributed by atoms with Gasteiger partial charge in [-0.1, -0.05) is 19.8 Å². The first-order chi connectivity index (χ1) is 13.2. The first-order valence-corrected chi connectivity index (χ1v) is 11.2. The van der Waals surface area contributed by atoms with Gasteiger partial charge in [-0.05, 0) is 44.4 Å². The van der Waals surface area contributed by atoms with Crippen molar-refractivity contribution in [2.75, 3.05) is 58.9 Å². The van der Waals surface area contributed by atoms with Gasteiger partial charge in [0.1, 0.15) is 0 Å². The minimum absolute atomic E-state index is 0. The summed E-state index contributed by atoms with van der Waals surface area (Å²) in [4.78, 5) is 24.2. The normalized spacial score (nSPS) is 23.0. The average Bonchev–Trinajstić information content (AvgIpc) is 3.38. The number of likely N-dealkylation sites (tertiary alicyclic amines) is 1. The molecule has 2 aliphatic heterocycles. The Morgan fingerprint density at radius 2 is 1.57 bits per heavy atom. The van der Waals surface area contributed by atoms with Crippen molar-refractivity contribution in [1.82, 2.24) is 20.0 Å². The van der Waals surface area contributed by atoms with Gasteiger partial charge in [-0.15, -0.1) is 24.0 Å². The second-order valence-corrected chi connectivity index (χ2v) is 8.58. The lowest BCUT2D eigenvalue weighted by atomic mass is 9.83. The molecule has 0 aromatic carbocycles. The van der Waals surface area contributed by atoms with Crippen molar-refractivity contribution in [3.8, 4) is 0 Å². The Morgan fingerprint density at radius 1 is 0.929 bits per heavy atom. The first-order valence-electron chi connectivity index (χ1n) is 11.2. The molecule has 6 nitrogen and oxygen atoms in total. The largest absolute Gasteiger partial charge is 0.357 e. The monoisotopic (exact) mass is 505 g/mol. The van der Waals surface area contributed by atoms with Crippen LogP contribution in [0.15, 0.2) is 4.99 Å². The summed E-state index contributed by atoms with van der Waals surface area (Å²) in [5.41, 5.74) is 0.435. The van der Waals surface area contributed by atoms with Gasteiger partial charge >= 0.3 is 0 Å². The van der Waals surface area contributed by atoms with E-state index >= 15 is 0 Å². The number of amides is 1. The molecule has 0 spiro atoms. The van der Waals surface area contributed by atoms with E-state index in [2.05, 4.69) is 29.0 Å². The molecule has 3 fully saturated rings. The minimum Gasteiger partial charge on any atom is -0.357 e. The Balaban J connectivity index is 0.00000280. The Bertz CT molecular complexity index is 507. The number of hydrogen-bond donors (Lipinski definition) is 1. The van der Waals surface area contributed by atoms with Gasteiger partial charge in [0, 0.05) is 52.4 Å². The fraction of sp³-hybridized carbons (Fsp3) is 0.905. The fourth-order valence-electron chi connectivity index (χ4n) is 4.79. The maximum Gasteiger partial charge on any atom is 0.236 e. The third-order valence-electron chi connectivity index (χ3n) is 6.80. The molecule has 1 amide bonds. The van der Waals surface area contributed by atoms with E-state index in [1.165, 1.54) is 44.9 Å². The highest BCUT2D eigenvalue weighted by Gasteiger charge is 2.32. The van der Waals surface area contributed by atoms with E-state index in [9.17, 15) is 4.79 Å². The number of hydrogen-bond acceptors (Lipinski definition) is 3. The standard InChI is InChI=1S/C21H39N5O.HI/c1-3-21(9-5-6-10-21)18-23-20(22-4-2)26-15-13-24(14-16-26)17-19(27)25-11-7-8-12-25;/h3-18H2,1-2H3,(H,22,23);1H. The van der Waals surface area contributed by atoms with E-state index in [0.29, 0.717) is 17.9 Å². The summed E-state index contributed by atoms with van der Waals surface area (Å²) >= 11 is 0. The Morgan fingerprint density at radius 3 is 2.14 bits per heavy atom. The third-order valence-corrected chi connectivity index (χ3v) is 6.80. The predicted molar refractivity (Wildman–Crippen MR) is 126 cm³/mol. The number of piperazine rings is 1. The molecule has 0 unspecified atom stereocenters. The van der Waals surface area contributed by atoms with Crippen LogP contribution in [0.5, 0.6) is 0 Å². The second kappa shape index (κ2) is 11.6. The molecular weight excluding hydrogens is 465 g/mol. The summed E-state index contributed by atoms with van der Waals surface area (Å²) in [7, 11) is 0. The highest BCUT2D eigenvalue weighted by molar-refractivity contribution is 14.0. The molecule has 2 saturated heterocycles. The number of carbonyl (C=O) groups excluding carboxylic acids is 1. The lowest BCUT2D eigenvalue weighted by Crippen LogP contribution is -2.54. The van der Waals surface area contributed by atoms with Crippen LogP contribution >= 0.6 is 24.0 Å². The van der Waals surface area contributed by atoms with Crippen molar-refractivity contribution >= 4 is 35.8 Å². The Hall–Kier alpha value is -0.570. The smallest absolute Gasteiger partial charge is 0.236 e. The minimum atomic E-state index is 0. The van der Waals surface area contributed by atoms with Crippen molar-refractivity contribution < 1.29 is 4.79 Å². The zero-order chi connectivity index (χ0) is 19.1. The van der Waals surface area contributed by atoms with Crippen LogP contribution in [-0.2, 0) is 4.79 Å². The van der Waals surface area contributed by atoms with Crippen molar-refractivity contribution in [2.24, 2.45) is 10.4 Å². The topological polar surface area (TPSA) is 51.2 Å². The van der Waals surface area contributed by atoms with Crippen LogP contribution in [0.3, 0.4) is 0 Å². The van der Waals surface area contributed by atoms with E-state index in [4.69, 9.17) is 4.99 Å². The fourth-order valence-corrected chi connectivity index (χ4v) is 4.79. The lowest BCUT2D eigenvalue weighted by Gasteiger charge is -2.37. The average molecular weight is 505 g/mol. The molecule has 3 aliphatic rings. The van der Waals surface area contributed by atoms with Gasteiger partial charge in [-0.25, -0.2) is 0 Å². The molecule has 162 valence electrons. The van der Waals surface area contributed by atoms with Crippen LogP contribution in [0.1, 0.15) is 58.8 Å². The molecule has 1 aliphatic carbocycles. The van der Waals surface area contributed by atoms with Crippen LogP contribution in [0.4, 0.5) is 0 Å². The van der Waals surface area contributed by atoms with Gasteiger partial charge < -0.3 is 15.1 Å². The molecule has 0 bridgehead atoms. The maximum absolute atomic E-state index is 12.4. The molecule has 0 aromatic heterocycles. The number of guanidine groups is 1. The molecular formula is C21H40IN5O. The molecule has 2 heterocycles. The molecule has 1 N–H and O–H groups in total. The molecule has 0 aromatic rings. The van der Waals surface area contributed by atoms with E-state index < -0.39 is 0 Å². The summed E-state index contributed by atoms with van der Waals surface area (Å²) in [5.74, 6) is 1.38. The van der Waals surface area contributed by atoms with Crippen LogP contribution in [0.25, 0.3) is 0 Å². The number of nitrogens with zero attached hydrogens (tertiary/aromatic N) is 4. The number of halogens is 1. The van der Waals surface area contributed by atoms with Gasteiger partial charge in [0.15, 0.2) is 5.96 Å². The van der Waals surface area contributed by atoms with Gasteiger partial charge in [-0.3, -0.25) is 14.7 Å². The summed E-state index contributed by atoms with van der Waals surface area (Å²) < 4.78 is 0. The van der Waals surface area contributed by atoms with E-state index in [1.807, 2.05) is 4.90 Å². The summed E-state index contributed by atoms with van der Waals surface area (Å²) in [6.07, 6.45) is 8.97. The molecule has 0 atom stereocenters. The van der Waals surface area contributed by atoms with Crippen molar-refractivity contribution in [2.45, 2.75) is 58.8 Å². The number of aliphatic imine (C=N–C) groups is 1. The third kappa shape index (κ3) is 6.21. The molecule has 28 heavy (non-hydrogen) atoms. The zero-order valence-corrected chi connectivity index (χ0v) is 20.2. The Labute approximate surface area is 188 Å². The highest BCUT2D eigenvalue weighted by atomic mass is 127. The van der Waals surface area contributed by atoms with Gasteiger partial charge in [0.25, 0.3) is 0 Å². The summed E-state index contributed by atoms with van der Waals surface area (Å²) in [6.45, 7) is 12.6. The van der Waals surface area contributed by atoms with Crippen LogP contribution in [0, 0.1) is 5.41 Å². The van der Waals surface area contributed by atoms with Gasteiger partial charge in [-0.2, -0.15) is 0 Å². The molecule has 7 heteroatoms. The summed E-state index contributed by atoms with van der Waals surface area (Å²) in [5, 5.41) is 3.50. The number of carbonyl (C=O) groups is 1. The highest BCUT2D eigenvalue weighted by Crippen LogP contribution is 2.41. The number of rotatable bonds is 6. The SMILES string of the molecule is CCNC(=NCC1(CC)CCCC1)N1CCN(CC(=O)N2CCCC2)CC1.I. The number of nitrogens with one attached hydrogen (secondary N) is 1. The van der Waals surface area contributed by atoms with Crippen molar-refractivity contribution in [3.63, 3.8) is 0 Å². The molecule has 3 rings (SSSR count). The quantitative estimate of drug-likeness (QED) is 0.343. The van der Waals surface area contributed by atoms with Crippen molar-refractivity contribution in [3.05, 3.63) is 0 Å². The van der Waals surface area contributed by atoms with Crippen LogP contribution < -0.4 is 5.32 Å². The van der Waals surface area contributed by atoms with E-state index in [1.54, 1.807) is 0 Å². The van der Waals surface area contributed by atoms with Crippen LogP contribution in [0.2, 0.25) is 0 Å². The van der Waals surface area contributed by atoms with Gasteiger partial charge in [0.05, 0.1) is 6.54 Å². The predicted octanol–water partition coefficient (Wildman–Crippen LogP) is 2.78. The summed E-state index contributed by atoms with van der Waals surface area (Å²) in [6, 6.07) is 0. The second-order valence-electron chi connectivity index (χ2n) is 8.58. The van der Waals surface area contributed by atoms with E-state index in [-0.39, 0.29) is 24.0 Å². The van der Waals surface area contributed by atoms with E-state index in [0.717, 1.165) is 58.3 Å². The maximum atomic E-state index is 12.4. The molecule has 1 saturated carbocycles. The van der Waals surface area contributed by atoms with Crippen LogP contribution in [-0.4, -0.2) is 85.5 Å². The first kappa shape index (κ1) is 23.7. The molecule has 0 radical (unpaired) electrons. The zero-order valence-electron chi connectivity index (χ0n) is 17.9. The Kier molecular flexibility index (Phi) is 9.80. The lowest BCUT2D eigenvalue weighted by molar-refractivity contribution is -0.131. The van der Waals surface area contributed by atoms with Gasteiger partial charge in [0.2, 0.25) is 5.91 Å².